The first kappa shape index (κ1) is 15.5. The van der Waals surface area contributed by atoms with Gasteiger partial charge in [0.05, 0.1) is 0 Å². The zero-order valence-corrected chi connectivity index (χ0v) is 13.2. The van der Waals surface area contributed by atoms with Crippen LogP contribution >= 0.6 is 6.89 Å². The van der Waals surface area contributed by atoms with Gasteiger partial charge in [0.25, 0.3) is 0 Å². The Balaban J connectivity index is 2.78. The summed E-state index contributed by atoms with van der Waals surface area (Å²) >= 11 is 0. The fourth-order valence-corrected chi connectivity index (χ4v) is 6.36. The summed E-state index contributed by atoms with van der Waals surface area (Å²) in [4.78, 5) is 23.7. The van der Waals surface area contributed by atoms with Crippen LogP contribution in [0, 0.1) is 0 Å². The molecule has 2 nitrogen and oxygen atoms in total. The molecule has 21 heavy (non-hydrogen) atoms. The first-order valence-electron chi connectivity index (χ1n) is 6.89. The van der Waals surface area contributed by atoms with E-state index in [2.05, 4.69) is 0 Å². The minimum atomic E-state index is -2.14. The Bertz CT molecular complexity index is 644. The van der Waals surface area contributed by atoms with Gasteiger partial charge in [-0.2, -0.15) is 0 Å². The van der Waals surface area contributed by atoms with Crippen molar-refractivity contribution in [1.29, 1.82) is 0 Å². The molecule has 2 aromatic carbocycles. The monoisotopic (exact) mass is 298 g/mol. The van der Waals surface area contributed by atoms with E-state index in [1.807, 2.05) is 60.7 Å². The summed E-state index contributed by atoms with van der Waals surface area (Å²) in [5.74, 6) is 1.89. The predicted octanol–water partition coefficient (Wildman–Crippen LogP) is 2.64. The SMILES string of the molecule is CC(=O)C=P(CC(C)=O)(c1ccccc1)c1ccccc1. The molecular weight excluding hydrogens is 279 g/mol. The molecule has 0 aliphatic rings. The van der Waals surface area contributed by atoms with Gasteiger partial charge in [0.2, 0.25) is 0 Å². The average molecular weight is 298 g/mol. The van der Waals surface area contributed by atoms with Gasteiger partial charge in [-0.05, 0) is 37.1 Å². The normalized spacial score (nSPS) is 11.0. The molecule has 0 amide bonds. The van der Waals surface area contributed by atoms with Crippen molar-refractivity contribution in [1.82, 2.24) is 0 Å². The van der Waals surface area contributed by atoms with E-state index in [4.69, 9.17) is 0 Å². The molecule has 108 valence electrons. The van der Waals surface area contributed by atoms with Crippen LogP contribution in [0.2, 0.25) is 0 Å². The van der Waals surface area contributed by atoms with E-state index in [0.717, 1.165) is 10.6 Å². The molecule has 0 aliphatic carbocycles. The third-order valence-corrected chi connectivity index (χ3v) is 7.50. The quantitative estimate of drug-likeness (QED) is 0.795. The number of ketones is 2. The first-order valence-corrected chi connectivity index (χ1v) is 8.94. The van der Waals surface area contributed by atoms with Crippen LogP contribution in [0.15, 0.2) is 60.7 Å². The summed E-state index contributed by atoms with van der Waals surface area (Å²) < 4.78 is 0. The highest BCUT2D eigenvalue weighted by Crippen LogP contribution is 2.44. The number of carbonyl (C=O) groups excluding carboxylic acids is 2. The minimum absolute atomic E-state index is 0.0114. The Labute approximate surface area is 125 Å². The Morgan fingerprint density at radius 2 is 1.29 bits per heavy atom. The van der Waals surface area contributed by atoms with Gasteiger partial charge in [0, 0.05) is 6.16 Å². The molecule has 0 heterocycles. The summed E-state index contributed by atoms with van der Waals surface area (Å²) in [6.45, 7) is 1.01. The molecule has 2 aromatic rings. The van der Waals surface area contributed by atoms with E-state index in [9.17, 15) is 9.59 Å². The number of hydrogen-bond donors (Lipinski definition) is 0. The molecule has 0 bridgehead atoms. The second-order valence-corrected chi connectivity index (χ2v) is 8.48. The summed E-state index contributed by atoms with van der Waals surface area (Å²) in [7, 11) is 0. The zero-order valence-electron chi connectivity index (χ0n) is 12.3. The van der Waals surface area contributed by atoms with Crippen molar-refractivity contribution in [3.05, 3.63) is 60.7 Å². The molecule has 0 radical (unpaired) electrons. The summed E-state index contributed by atoms with van der Waals surface area (Å²) in [5, 5.41) is 2.14. The molecular formula is C18H19O2P. The summed E-state index contributed by atoms with van der Waals surface area (Å²) in [5.41, 5.74) is 0. The Morgan fingerprint density at radius 3 is 1.62 bits per heavy atom. The number of benzene rings is 2. The first-order chi connectivity index (χ1) is 10.0. The van der Waals surface area contributed by atoms with Crippen LogP contribution in [-0.2, 0) is 9.59 Å². The molecule has 0 N–H and O–H groups in total. The maximum atomic E-state index is 11.9. The molecule has 0 saturated heterocycles. The fourth-order valence-electron chi connectivity index (χ4n) is 2.58. The summed E-state index contributed by atoms with van der Waals surface area (Å²) in [6.07, 6.45) is 0.389. The van der Waals surface area contributed by atoms with Crippen LogP contribution in [-0.4, -0.2) is 23.5 Å². The van der Waals surface area contributed by atoms with E-state index >= 15 is 0 Å². The van der Waals surface area contributed by atoms with Crippen molar-refractivity contribution >= 4 is 34.9 Å². The number of Topliss-reactive ketones (excluding diaryl/α,β-unsaturated/α-hetero) is 2. The van der Waals surface area contributed by atoms with E-state index in [-0.39, 0.29) is 11.6 Å². The lowest BCUT2D eigenvalue weighted by molar-refractivity contribution is -0.114. The fraction of sp³-hybridized carbons (Fsp3) is 0.167. The molecule has 0 aromatic heterocycles. The van der Waals surface area contributed by atoms with Gasteiger partial charge in [-0.15, -0.1) is 0 Å². The van der Waals surface area contributed by atoms with Gasteiger partial charge in [0.1, 0.15) is 5.78 Å². The predicted molar refractivity (Wildman–Crippen MR) is 91.4 cm³/mol. The van der Waals surface area contributed by atoms with E-state index < -0.39 is 6.89 Å². The average Bonchev–Trinajstić information content (AvgIpc) is 2.47. The Hall–Kier alpha value is -1.92. The largest absolute Gasteiger partial charge is 0.300 e. The van der Waals surface area contributed by atoms with E-state index in [1.54, 1.807) is 19.6 Å². The van der Waals surface area contributed by atoms with Crippen LogP contribution in [0.3, 0.4) is 0 Å². The highest BCUT2D eigenvalue weighted by Gasteiger charge is 2.24. The van der Waals surface area contributed by atoms with Gasteiger partial charge in [-0.25, -0.2) is 0 Å². The van der Waals surface area contributed by atoms with Gasteiger partial charge < -0.3 is 0 Å². The minimum Gasteiger partial charge on any atom is -0.300 e. The third-order valence-electron chi connectivity index (χ3n) is 3.31. The van der Waals surface area contributed by atoms with Crippen LogP contribution in [0.4, 0.5) is 0 Å². The van der Waals surface area contributed by atoms with Crippen LogP contribution < -0.4 is 10.6 Å². The zero-order chi connectivity index (χ0) is 15.3. The Kier molecular flexibility index (Phi) is 4.93. The lowest BCUT2D eigenvalue weighted by Gasteiger charge is -2.26. The van der Waals surface area contributed by atoms with Gasteiger partial charge >= 0.3 is 0 Å². The van der Waals surface area contributed by atoms with Crippen LogP contribution in [0.25, 0.3) is 0 Å². The van der Waals surface area contributed by atoms with Gasteiger partial charge in [-0.3, -0.25) is 9.59 Å². The highest BCUT2D eigenvalue weighted by molar-refractivity contribution is 7.90. The van der Waals surface area contributed by atoms with Crippen molar-refractivity contribution < 1.29 is 9.59 Å². The molecule has 0 aliphatic heterocycles. The molecule has 2 rings (SSSR count). The topological polar surface area (TPSA) is 34.1 Å². The van der Waals surface area contributed by atoms with Crippen molar-refractivity contribution in [2.24, 2.45) is 0 Å². The molecule has 0 saturated carbocycles. The molecule has 0 atom stereocenters. The maximum absolute atomic E-state index is 11.9. The lowest BCUT2D eigenvalue weighted by Crippen LogP contribution is -2.24. The van der Waals surface area contributed by atoms with E-state index in [0.29, 0.717) is 6.16 Å². The maximum Gasteiger partial charge on any atom is 0.153 e. The second kappa shape index (κ2) is 6.69. The van der Waals surface area contributed by atoms with Crippen LogP contribution in [0.1, 0.15) is 13.8 Å². The van der Waals surface area contributed by atoms with Crippen molar-refractivity contribution in [3.8, 4) is 0 Å². The third kappa shape index (κ3) is 3.59. The number of carbonyl (C=O) groups is 2. The molecule has 0 unspecified atom stereocenters. The lowest BCUT2D eigenvalue weighted by atomic mass is 10.4. The smallest absolute Gasteiger partial charge is 0.153 e. The molecule has 0 fully saturated rings. The number of hydrogen-bond acceptors (Lipinski definition) is 2. The van der Waals surface area contributed by atoms with Gasteiger partial charge in [0.15, 0.2) is 5.78 Å². The molecule has 0 spiro atoms. The number of rotatable bonds is 5. The highest BCUT2D eigenvalue weighted by atomic mass is 31.2. The standard InChI is InChI=1S/C18H19O2P/c1-15(19)13-21(14-16(2)20,17-9-5-3-6-10-17)18-11-7-4-8-12-18/h3-13H,14H2,1-2H3. The second-order valence-electron chi connectivity index (χ2n) is 5.14. The van der Waals surface area contributed by atoms with Crippen molar-refractivity contribution in [2.45, 2.75) is 13.8 Å². The Morgan fingerprint density at radius 1 is 0.857 bits per heavy atom. The molecule has 3 heteroatoms. The van der Waals surface area contributed by atoms with E-state index in [1.165, 1.54) is 0 Å². The van der Waals surface area contributed by atoms with Gasteiger partial charge in [-0.1, -0.05) is 60.7 Å². The van der Waals surface area contributed by atoms with Crippen molar-refractivity contribution in [2.75, 3.05) is 6.16 Å². The summed E-state index contributed by atoms with van der Waals surface area (Å²) in [6, 6.07) is 19.8. The van der Waals surface area contributed by atoms with Crippen LogP contribution in [0.5, 0.6) is 0 Å². The van der Waals surface area contributed by atoms with Crippen molar-refractivity contribution in [3.63, 3.8) is 0 Å².